The second kappa shape index (κ2) is 3.95. The zero-order chi connectivity index (χ0) is 8.27. The number of nitrogens with zero attached hydrogens (tertiary/aromatic N) is 1. The lowest BCUT2D eigenvalue weighted by atomic mass is 9.96. The third-order valence-corrected chi connectivity index (χ3v) is 3.33. The van der Waals surface area contributed by atoms with E-state index < -0.39 is 0 Å². The summed E-state index contributed by atoms with van der Waals surface area (Å²) in [5.74, 6) is 2.53. The Morgan fingerprint density at radius 3 is 2.55 bits per heavy atom. The molecule has 0 amide bonds. The lowest BCUT2D eigenvalue weighted by Gasteiger charge is -2.21. The van der Waals surface area contributed by atoms with E-state index in [0.717, 1.165) is 24.3 Å². The van der Waals surface area contributed by atoms with Gasteiger partial charge in [0.1, 0.15) is 0 Å². The highest BCUT2D eigenvalue weighted by atomic mass is 32.2. The molecule has 1 aliphatic rings. The van der Waals surface area contributed by atoms with E-state index in [1.165, 1.54) is 0 Å². The van der Waals surface area contributed by atoms with Gasteiger partial charge >= 0.3 is 0 Å². The number of thioether (sulfide) groups is 1. The lowest BCUT2D eigenvalue weighted by Crippen LogP contribution is -2.28. The van der Waals surface area contributed by atoms with Crippen molar-refractivity contribution in [3.8, 4) is 0 Å². The maximum Gasteiger partial charge on any atom is 0.213 e. The molecular formula is C7H13NO2S. The zero-order valence-electron chi connectivity index (χ0n) is 6.66. The molecule has 11 heavy (non-hydrogen) atoms. The van der Waals surface area contributed by atoms with Crippen LogP contribution in [0.5, 0.6) is 0 Å². The van der Waals surface area contributed by atoms with Crippen molar-refractivity contribution in [2.45, 2.75) is 25.8 Å². The predicted molar refractivity (Wildman–Crippen MR) is 46.5 cm³/mol. The van der Waals surface area contributed by atoms with Gasteiger partial charge in [0.2, 0.25) is 6.04 Å². The molecule has 0 bridgehead atoms. The fourth-order valence-corrected chi connectivity index (χ4v) is 2.51. The van der Waals surface area contributed by atoms with Crippen molar-refractivity contribution in [3.05, 3.63) is 10.1 Å². The van der Waals surface area contributed by atoms with Crippen LogP contribution in [0.3, 0.4) is 0 Å². The molecule has 0 aromatic heterocycles. The predicted octanol–water partition coefficient (Wildman–Crippen LogP) is 1.79. The van der Waals surface area contributed by atoms with E-state index in [9.17, 15) is 10.1 Å². The first kappa shape index (κ1) is 8.84. The quantitative estimate of drug-likeness (QED) is 0.474. The van der Waals surface area contributed by atoms with Gasteiger partial charge < -0.3 is 0 Å². The van der Waals surface area contributed by atoms with Gasteiger partial charge in [0, 0.05) is 17.8 Å². The normalized spacial score (nSPS) is 23.0. The van der Waals surface area contributed by atoms with Crippen LogP contribution in [0.4, 0.5) is 0 Å². The Labute approximate surface area is 70.7 Å². The number of rotatable bonds is 2. The first-order valence-corrected chi connectivity index (χ1v) is 5.08. The first-order valence-electron chi connectivity index (χ1n) is 3.93. The summed E-state index contributed by atoms with van der Waals surface area (Å²) in [6, 6.07) is -0.337. The van der Waals surface area contributed by atoms with Crippen LogP contribution >= 0.6 is 11.8 Å². The minimum absolute atomic E-state index is 0.152. The maximum atomic E-state index is 10.4. The van der Waals surface area contributed by atoms with Gasteiger partial charge in [-0.05, 0) is 24.3 Å². The number of hydrogen-bond donors (Lipinski definition) is 0. The molecule has 0 aromatic carbocycles. The van der Waals surface area contributed by atoms with Crippen molar-refractivity contribution < 1.29 is 4.92 Å². The van der Waals surface area contributed by atoms with Crippen LogP contribution in [0.15, 0.2) is 0 Å². The summed E-state index contributed by atoms with van der Waals surface area (Å²) in [7, 11) is 0. The van der Waals surface area contributed by atoms with Crippen LogP contribution in [0.2, 0.25) is 0 Å². The molecule has 0 radical (unpaired) electrons. The summed E-state index contributed by atoms with van der Waals surface area (Å²) in [5, 5.41) is 10.4. The fraction of sp³-hybridized carbons (Fsp3) is 1.00. The average molecular weight is 175 g/mol. The van der Waals surface area contributed by atoms with E-state index >= 15 is 0 Å². The second-order valence-corrected chi connectivity index (χ2v) is 4.20. The summed E-state index contributed by atoms with van der Waals surface area (Å²) in [5.41, 5.74) is 0. The third-order valence-electron chi connectivity index (χ3n) is 2.28. The maximum absolute atomic E-state index is 10.4. The lowest BCUT2D eigenvalue weighted by molar-refractivity contribution is -0.527. The van der Waals surface area contributed by atoms with Crippen molar-refractivity contribution in [2.24, 2.45) is 5.92 Å². The summed E-state index contributed by atoms with van der Waals surface area (Å²) in [4.78, 5) is 10.2. The van der Waals surface area contributed by atoms with Crippen LogP contribution in [-0.2, 0) is 0 Å². The molecule has 1 rings (SSSR count). The molecule has 4 heteroatoms. The number of nitro groups is 1. The molecule has 1 atom stereocenters. The summed E-state index contributed by atoms with van der Waals surface area (Å²) in [6.07, 6.45) is 2.04. The van der Waals surface area contributed by atoms with Gasteiger partial charge in [0.25, 0.3) is 0 Å². The van der Waals surface area contributed by atoms with E-state index in [0.29, 0.717) is 5.92 Å². The Kier molecular flexibility index (Phi) is 3.17. The SMILES string of the molecule is CC(C1CCSCC1)[N+](=O)[O-]. The average Bonchev–Trinajstić information content (AvgIpc) is 2.05. The molecule has 1 unspecified atom stereocenters. The highest BCUT2D eigenvalue weighted by Gasteiger charge is 2.27. The Bertz CT molecular complexity index is 145. The van der Waals surface area contributed by atoms with Gasteiger partial charge in [0.05, 0.1) is 0 Å². The summed E-state index contributed by atoms with van der Waals surface area (Å²) in [6.45, 7) is 1.72. The van der Waals surface area contributed by atoms with Gasteiger partial charge in [-0.3, -0.25) is 10.1 Å². The van der Waals surface area contributed by atoms with Crippen LogP contribution in [0.1, 0.15) is 19.8 Å². The molecule has 64 valence electrons. The monoisotopic (exact) mass is 175 g/mol. The van der Waals surface area contributed by atoms with Crippen molar-refractivity contribution in [1.82, 2.24) is 0 Å². The van der Waals surface area contributed by atoms with E-state index in [1.807, 2.05) is 11.8 Å². The van der Waals surface area contributed by atoms with Crippen LogP contribution in [0, 0.1) is 16.0 Å². The number of hydrogen-bond acceptors (Lipinski definition) is 3. The molecule has 0 aliphatic carbocycles. The van der Waals surface area contributed by atoms with Crippen LogP contribution in [0.25, 0.3) is 0 Å². The first-order chi connectivity index (χ1) is 5.22. The molecule has 0 saturated carbocycles. The van der Waals surface area contributed by atoms with Gasteiger partial charge in [-0.25, -0.2) is 0 Å². The minimum atomic E-state index is -0.337. The van der Waals surface area contributed by atoms with E-state index in [1.54, 1.807) is 6.92 Å². The smallest absolute Gasteiger partial charge is 0.213 e. The summed E-state index contributed by atoms with van der Waals surface area (Å²) < 4.78 is 0. The second-order valence-electron chi connectivity index (χ2n) is 2.98. The molecule has 3 nitrogen and oxygen atoms in total. The van der Waals surface area contributed by atoms with Gasteiger partial charge in [-0.15, -0.1) is 0 Å². The Balaban J connectivity index is 2.38. The van der Waals surface area contributed by atoms with Crippen molar-refractivity contribution in [2.75, 3.05) is 11.5 Å². The Hall–Kier alpha value is -0.250. The van der Waals surface area contributed by atoms with Crippen LogP contribution in [-0.4, -0.2) is 22.5 Å². The zero-order valence-corrected chi connectivity index (χ0v) is 7.47. The molecule has 0 aromatic rings. The van der Waals surface area contributed by atoms with E-state index in [-0.39, 0.29) is 11.0 Å². The molecule has 1 aliphatic heterocycles. The topological polar surface area (TPSA) is 43.1 Å². The van der Waals surface area contributed by atoms with Crippen molar-refractivity contribution in [3.63, 3.8) is 0 Å². The molecular weight excluding hydrogens is 162 g/mol. The van der Waals surface area contributed by atoms with Gasteiger partial charge in [0.15, 0.2) is 0 Å². The molecule has 1 heterocycles. The third kappa shape index (κ3) is 2.36. The highest BCUT2D eigenvalue weighted by Crippen LogP contribution is 2.26. The Morgan fingerprint density at radius 2 is 2.09 bits per heavy atom. The molecule has 1 saturated heterocycles. The van der Waals surface area contributed by atoms with Crippen molar-refractivity contribution in [1.29, 1.82) is 0 Å². The minimum Gasteiger partial charge on any atom is -0.264 e. The fourth-order valence-electron chi connectivity index (χ4n) is 1.37. The largest absolute Gasteiger partial charge is 0.264 e. The molecule has 0 N–H and O–H groups in total. The standard InChI is InChI=1S/C7H13NO2S/c1-6(8(9)10)7-2-4-11-5-3-7/h6-7H,2-5H2,1H3. The Morgan fingerprint density at radius 1 is 1.55 bits per heavy atom. The van der Waals surface area contributed by atoms with E-state index in [2.05, 4.69) is 0 Å². The van der Waals surface area contributed by atoms with Crippen molar-refractivity contribution >= 4 is 11.8 Å². The summed E-state index contributed by atoms with van der Waals surface area (Å²) >= 11 is 1.91. The van der Waals surface area contributed by atoms with Gasteiger partial charge in [-0.2, -0.15) is 11.8 Å². The molecule has 1 fully saturated rings. The van der Waals surface area contributed by atoms with E-state index in [4.69, 9.17) is 0 Å². The molecule has 0 spiro atoms. The van der Waals surface area contributed by atoms with Crippen LogP contribution < -0.4 is 0 Å². The highest BCUT2D eigenvalue weighted by molar-refractivity contribution is 7.99. The van der Waals surface area contributed by atoms with Gasteiger partial charge in [-0.1, -0.05) is 0 Å².